The molecule has 2 aromatic rings. The summed E-state index contributed by atoms with van der Waals surface area (Å²) < 4.78 is 39.6. The highest BCUT2D eigenvalue weighted by Crippen LogP contribution is 2.37. The van der Waals surface area contributed by atoms with Crippen LogP contribution in [0.15, 0.2) is 24.3 Å². The van der Waals surface area contributed by atoms with Gasteiger partial charge in [0.05, 0.1) is 11.3 Å². The van der Waals surface area contributed by atoms with Crippen LogP contribution in [0.25, 0.3) is 0 Å². The van der Waals surface area contributed by atoms with Gasteiger partial charge < -0.3 is 10.6 Å². The molecule has 0 spiro atoms. The minimum atomic E-state index is -4.52. The Labute approximate surface area is 149 Å². The van der Waals surface area contributed by atoms with Crippen molar-refractivity contribution in [3.8, 4) is 0 Å². The van der Waals surface area contributed by atoms with E-state index in [0.717, 1.165) is 12.5 Å². The summed E-state index contributed by atoms with van der Waals surface area (Å²) in [5.74, 6) is 1.19. The molecule has 0 fully saturated rings. The van der Waals surface area contributed by atoms with Crippen LogP contribution in [0.5, 0.6) is 0 Å². The van der Waals surface area contributed by atoms with Crippen molar-refractivity contribution in [2.24, 2.45) is 5.92 Å². The number of aromatic nitrogens is 2. The van der Waals surface area contributed by atoms with Crippen LogP contribution in [0, 0.1) is 12.8 Å². The summed E-state index contributed by atoms with van der Waals surface area (Å²) in [6, 6.07) is 5.16. The molecule has 2 N–H and O–H groups in total. The third-order valence-corrected chi connectivity index (χ3v) is 3.64. The fourth-order valence-corrected chi connectivity index (χ4v) is 2.35. The molecular formula is C17H20ClF3N4. The summed E-state index contributed by atoms with van der Waals surface area (Å²) in [4.78, 5) is 8.49. The highest BCUT2D eigenvalue weighted by molar-refractivity contribution is 6.30. The summed E-state index contributed by atoms with van der Waals surface area (Å²) in [6.45, 7) is 6.65. The van der Waals surface area contributed by atoms with Gasteiger partial charge in [0.2, 0.25) is 5.95 Å². The first-order valence-electron chi connectivity index (χ1n) is 7.88. The predicted molar refractivity (Wildman–Crippen MR) is 94.5 cm³/mol. The fourth-order valence-electron chi connectivity index (χ4n) is 2.18. The van der Waals surface area contributed by atoms with E-state index in [4.69, 9.17) is 11.6 Å². The van der Waals surface area contributed by atoms with Gasteiger partial charge in [-0.25, -0.2) is 4.98 Å². The second-order valence-electron chi connectivity index (χ2n) is 6.14. The molecule has 1 aromatic heterocycles. The summed E-state index contributed by atoms with van der Waals surface area (Å²) >= 11 is 5.70. The molecule has 25 heavy (non-hydrogen) atoms. The third kappa shape index (κ3) is 5.77. The highest BCUT2D eigenvalue weighted by Gasteiger charge is 2.34. The number of anilines is 3. The number of benzene rings is 1. The smallest absolute Gasteiger partial charge is 0.354 e. The average Bonchev–Trinajstić information content (AvgIpc) is 2.47. The van der Waals surface area contributed by atoms with Crippen LogP contribution in [0.1, 0.15) is 31.5 Å². The Morgan fingerprint density at radius 1 is 1.16 bits per heavy atom. The quantitative estimate of drug-likeness (QED) is 0.687. The molecule has 0 aliphatic rings. The molecule has 0 bridgehead atoms. The van der Waals surface area contributed by atoms with E-state index in [1.54, 1.807) is 13.0 Å². The lowest BCUT2D eigenvalue weighted by Gasteiger charge is -2.15. The topological polar surface area (TPSA) is 49.8 Å². The standard InChI is InChI=1S/C17H20ClF3N4/c1-10(2)6-7-22-16-23-11(3)8-15(25-16)24-14-5-4-12(18)9-13(14)17(19,20)21/h4-5,8-10H,6-7H2,1-3H3,(H2,22,23,24,25). The molecule has 2 rings (SSSR count). The monoisotopic (exact) mass is 372 g/mol. The first kappa shape index (κ1) is 19.3. The van der Waals surface area contributed by atoms with Gasteiger partial charge in [-0.2, -0.15) is 18.2 Å². The maximum atomic E-state index is 13.2. The van der Waals surface area contributed by atoms with Gasteiger partial charge in [-0.1, -0.05) is 25.4 Å². The number of nitrogens with one attached hydrogen (secondary N) is 2. The number of rotatable bonds is 6. The van der Waals surface area contributed by atoms with Gasteiger partial charge in [0.15, 0.2) is 0 Å². The molecule has 1 aromatic carbocycles. The van der Waals surface area contributed by atoms with Gasteiger partial charge in [-0.05, 0) is 37.5 Å². The van der Waals surface area contributed by atoms with Crippen LogP contribution < -0.4 is 10.6 Å². The van der Waals surface area contributed by atoms with E-state index in [0.29, 0.717) is 24.1 Å². The summed E-state index contributed by atoms with van der Waals surface area (Å²) in [7, 11) is 0. The molecule has 0 saturated heterocycles. The van der Waals surface area contributed by atoms with E-state index >= 15 is 0 Å². The first-order valence-corrected chi connectivity index (χ1v) is 8.26. The molecule has 0 radical (unpaired) electrons. The first-order chi connectivity index (χ1) is 11.6. The van der Waals surface area contributed by atoms with Crippen LogP contribution in [-0.2, 0) is 6.18 Å². The van der Waals surface area contributed by atoms with Crippen LogP contribution >= 0.6 is 11.6 Å². The van der Waals surface area contributed by atoms with Crippen molar-refractivity contribution >= 4 is 29.1 Å². The highest BCUT2D eigenvalue weighted by atomic mass is 35.5. The Bertz CT molecular complexity index is 732. The normalized spacial score (nSPS) is 11.7. The van der Waals surface area contributed by atoms with E-state index in [9.17, 15) is 13.2 Å². The SMILES string of the molecule is Cc1cc(Nc2ccc(Cl)cc2C(F)(F)F)nc(NCCC(C)C)n1. The van der Waals surface area contributed by atoms with Gasteiger partial charge >= 0.3 is 6.18 Å². The Kier molecular flexibility index (Phi) is 6.11. The molecular weight excluding hydrogens is 353 g/mol. The fraction of sp³-hybridized carbons (Fsp3) is 0.412. The zero-order valence-corrected chi connectivity index (χ0v) is 15.0. The minimum absolute atomic E-state index is 0.0211. The van der Waals surface area contributed by atoms with Crippen molar-refractivity contribution in [3.05, 3.63) is 40.5 Å². The lowest BCUT2D eigenvalue weighted by Crippen LogP contribution is -2.11. The van der Waals surface area contributed by atoms with Gasteiger partial charge in [0, 0.05) is 23.3 Å². The van der Waals surface area contributed by atoms with Crippen molar-refractivity contribution in [1.29, 1.82) is 0 Å². The molecule has 0 saturated carbocycles. The van der Waals surface area contributed by atoms with Crippen LogP contribution in [-0.4, -0.2) is 16.5 Å². The molecule has 0 unspecified atom stereocenters. The largest absolute Gasteiger partial charge is 0.418 e. The number of hydrogen-bond acceptors (Lipinski definition) is 4. The predicted octanol–water partition coefficient (Wildman–Crippen LogP) is 5.66. The van der Waals surface area contributed by atoms with Gasteiger partial charge in [-0.3, -0.25) is 0 Å². The molecule has 0 atom stereocenters. The number of aryl methyl sites for hydroxylation is 1. The number of nitrogens with zero attached hydrogens (tertiary/aromatic N) is 2. The molecule has 0 aliphatic heterocycles. The van der Waals surface area contributed by atoms with Crippen molar-refractivity contribution < 1.29 is 13.2 Å². The Morgan fingerprint density at radius 3 is 2.52 bits per heavy atom. The zero-order chi connectivity index (χ0) is 18.6. The Morgan fingerprint density at radius 2 is 1.88 bits per heavy atom. The van der Waals surface area contributed by atoms with Gasteiger partial charge in [-0.15, -0.1) is 0 Å². The van der Waals surface area contributed by atoms with Gasteiger partial charge in [0.1, 0.15) is 5.82 Å². The van der Waals surface area contributed by atoms with E-state index in [1.807, 2.05) is 0 Å². The molecule has 4 nitrogen and oxygen atoms in total. The summed E-state index contributed by atoms with van der Waals surface area (Å²) in [5.41, 5.74) is -0.305. The van der Waals surface area contributed by atoms with E-state index in [1.165, 1.54) is 12.1 Å². The molecule has 1 heterocycles. The zero-order valence-electron chi connectivity index (χ0n) is 14.2. The average molecular weight is 373 g/mol. The molecule has 136 valence electrons. The van der Waals surface area contributed by atoms with Crippen molar-refractivity contribution in [3.63, 3.8) is 0 Å². The summed E-state index contributed by atoms with van der Waals surface area (Å²) in [6.07, 6.45) is -3.58. The van der Waals surface area contributed by atoms with Crippen LogP contribution in [0.2, 0.25) is 5.02 Å². The maximum Gasteiger partial charge on any atom is 0.418 e. The summed E-state index contributed by atoms with van der Waals surface area (Å²) in [5, 5.41) is 5.83. The molecule has 8 heteroatoms. The Hall–Kier alpha value is -2.02. The Balaban J connectivity index is 2.24. The van der Waals surface area contributed by atoms with Crippen LogP contribution in [0.4, 0.5) is 30.6 Å². The third-order valence-electron chi connectivity index (χ3n) is 3.41. The van der Waals surface area contributed by atoms with Crippen LogP contribution in [0.3, 0.4) is 0 Å². The van der Waals surface area contributed by atoms with E-state index < -0.39 is 11.7 Å². The maximum absolute atomic E-state index is 13.2. The minimum Gasteiger partial charge on any atom is -0.354 e. The molecule has 0 amide bonds. The lowest BCUT2D eigenvalue weighted by molar-refractivity contribution is -0.136. The van der Waals surface area contributed by atoms with E-state index in [2.05, 4.69) is 34.4 Å². The van der Waals surface area contributed by atoms with E-state index in [-0.39, 0.29) is 16.5 Å². The van der Waals surface area contributed by atoms with Crippen molar-refractivity contribution in [2.45, 2.75) is 33.4 Å². The molecule has 0 aliphatic carbocycles. The number of halogens is 4. The van der Waals surface area contributed by atoms with Crippen molar-refractivity contribution in [2.75, 3.05) is 17.2 Å². The second-order valence-corrected chi connectivity index (χ2v) is 6.58. The lowest BCUT2D eigenvalue weighted by atomic mass is 10.1. The second kappa shape index (κ2) is 7.91. The number of hydrogen-bond donors (Lipinski definition) is 2. The number of alkyl halides is 3. The van der Waals surface area contributed by atoms with Gasteiger partial charge in [0.25, 0.3) is 0 Å². The van der Waals surface area contributed by atoms with Crippen molar-refractivity contribution in [1.82, 2.24) is 9.97 Å².